The second-order valence-electron chi connectivity index (χ2n) is 6.12. The summed E-state index contributed by atoms with van der Waals surface area (Å²) in [5, 5.41) is 7.23. The lowest BCUT2D eigenvalue weighted by Crippen LogP contribution is -2.39. The maximum absolute atomic E-state index is 13.2. The molecule has 1 aliphatic rings. The third-order valence-electron chi connectivity index (χ3n) is 4.50. The molecule has 8 nitrogen and oxygen atoms in total. The van der Waals surface area contributed by atoms with E-state index in [4.69, 9.17) is 4.74 Å². The predicted molar refractivity (Wildman–Crippen MR) is 100 cm³/mol. The van der Waals surface area contributed by atoms with Gasteiger partial charge < -0.3 is 10.1 Å². The van der Waals surface area contributed by atoms with Crippen LogP contribution >= 0.6 is 0 Å². The molecule has 0 saturated heterocycles. The van der Waals surface area contributed by atoms with E-state index in [-0.39, 0.29) is 5.91 Å². The number of aliphatic imine (C=N–C) groups is 1. The van der Waals surface area contributed by atoms with Crippen LogP contribution in [0.2, 0.25) is 0 Å². The van der Waals surface area contributed by atoms with E-state index in [0.717, 1.165) is 5.69 Å². The van der Waals surface area contributed by atoms with Gasteiger partial charge in [0.2, 0.25) is 11.9 Å². The maximum atomic E-state index is 13.2. The molecular weight excluding hydrogens is 344 g/mol. The summed E-state index contributed by atoms with van der Waals surface area (Å²) in [6.07, 6.45) is 3.13. The third-order valence-corrected chi connectivity index (χ3v) is 4.50. The van der Waals surface area contributed by atoms with Crippen molar-refractivity contribution < 1.29 is 9.53 Å². The Kier molecular flexibility index (Phi) is 4.37. The average molecular weight is 362 g/mol. The number of pyridine rings is 1. The Bertz CT molecular complexity index is 998. The number of para-hydroxylation sites is 2. The van der Waals surface area contributed by atoms with Gasteiger partial charge in [-0.15, -0.1) is 0 Å². The van der Waals surface area contributed by atoms with Crippen molar-refractivity contribution in [3.63, 3.8) is 0 Å². The normalized spacial score (nSPS) is 18.4. The molecule has 1 amide bonds. The first-order chi connectivity index (χ1) is 13.2. The molecule has 2 aromatic heterocycles. The highest BCUT2D eigenvalue weighted by molar-refractivity contribution is 6.10. The zero-order valence-corrected chi connectivity index (χ0v) is 14.9. The quantitative estimate of drug-likeness (QED) is 0.770. The van der Waals surface area contributed by atoms with E-state index in [2.05, 4.69) is 25.4 Å². The minimum Gasteiger partial charge on any atom is -0.495 e. The van der Waals surface area contributed by atoms with E-state index in [9.17, 15) is 4.79 Å². The van der Waals surface area contributed by atoms with E-state index in [1.165, 1.54) is 6.33 Å². The molecule has 1 aliphatic heterocycles. The number of carbonyl (C=O) groups excluding carboxylic acids is 1. The van der Waals surface area contributed by atoms with E-state index < -0.39 is 12.0 Å². The van der Waals surface area contributed by atoms with Crippen LogP contribution in [0.3, 0.4) is 0 Å². The fourth-order valence-electron chi connectivity index (χ4n) is 3.26. The van der Waals surface area contributed by atoms with Crippen molar-refractivity contribution in [2.75, 3.05) is 12.4 Å². The summed E-state index contributed by atoms with van der Waals surface area (Å²) in [6.45, 7) is 1.82. The molecule has 0 bridgehead atoms. The number of hydrogen-bond donors (Lipinski definition) is 1. The fourth-order valence-corrected chi connectivity index (χ4v) is 3.26. The van der Waals surface area contributed by atoms with Crippen molar-refractivity contribution >= 4 is 23.3 Å². The van der Waals surface area contributed by atoms with E-state index in [1.807, 2.05) is 37.3 Å². The molecule has 2 atom stereocenters. The molecule has 0 aliphatic carbocycles. The van der Waals surface area contributed by atoms with Crippen LogP contribution in [0.4, 0.5) is 11.6 Å². The summed E-state index contributed by atoms with van der Waals surface area (Å²) in [5.74, 6) is 0.258. The van der Waals surface area contributed by atoms with Gasteiger partial charge in [-0.2, -0.15) is 10.1 Å². The lowest BCUT2D eigenvalue weighted by atomic mass is 9.90. The number of benzene rings is 1. The minimum atomic E-state index is -0.584. The molecule has 1 N–H and O–H groups in total. The number of amides is 1. The molecule has 1 aromatic carbocycles. The van der Waals surface area contributed by atoms with Crippen LogP contribution < -0.4 is 10.1 Å². The number of anilines is 1. The summed E-state index contributed by atoms with van der Waals surface area (Å²) in [6, 6.07) is 12.4. The summed E-state index contributed by atoms with van der Waals surface area (Å²) in [7, 11) is 1.57. The van der Waals surface area contributed by atoms with Crippen LogP contribution in [0.5, 0.6) is 5.75 Å². The molecule has 3 aromatic rings. The van der Waals surface area contributed by atoms with Crippen molar-refractivity contribution in [3.8, 4) is 5.75 Å². The smallest absolute Gasteiger partial charge is 0.248 e. The Morgan fingerprint density at radius 2 is 1.96 bits per heavy atom. The Balaban J connectivity index is 1.74. The molecule has 8 heteroatoms. The van der Waals surface area contributed by atoms with Crippen LogP contribution in [0.15, 0.2) is 60.0 Å². The molecule has 0 fully saturated rings. The second-order valence-corrected chi connectivity index (χ2v) is 6.12. The van der Waals surface area contributed by atoms with Crippen LogP contribution in [0, 0.1) is 5.92 Å². The van der Waals surface area contributed by atoms with Crippen LogP contribution in [0.25, 0.3) is 0 Å². The molecule has 2 unspecified atom stereocenters. The van der Waals surface area contributed by atoms with Gasteiger partial charge in [0.1, 0.15) is 24.0 Å². The Hall–Kier alpha value is -3.55. The zero-order chi connectivity index (χ0) is 18.8. The van der Waals surface area contributed by atoms with Gasteiger partial charge in [0, 0.05) is 11.9 Å². The third kappa shape index (κ3) is 3.05. The van der Waals surface area contributed by atoms with Crippen LogP contribution in [0.1, 0.15) is 18.7 Å². The van der Waals surface area contributed by atoms with Gasteiger partial charge in [-0.05, 0) is 31.2 Å². The highest BCUT2D eigenvalue weighted by Crippen LogP contribution is 2.35. The van der Waals surface area contributed by atoms with Gasteiger partial charge in [0.15, 0.2) is 0 Å². The number of carbonyl (C=O) groups is 1. The van der Waals surface area contributed by atoms with Crippen molar-refractivity contribution in [2.45, 2.75) is 13.0 Å². The SMILES string of the molecule is COc1ccccc1NC(=O)C1C(C)=Nc2ncnn2C1c1ccccn1. The van der Waals surface area contributed by atoms with E-state index >= 15 is 0 Å². The number of rotatable bonds is 4. The molecule has 0 saturated carbocycles. The first-order valence-electron chi connectivity index (χ1n) is 8.48. The molecule has 0 radical (unpaired) electrons. The molecule has 136 valence electrons. The number of hydrogen-bond acceptors (Lipinski definition) is 6. The monoisotopic (exact) mass is 362 g/mol. The average Bonchev–Trinajstić information content (AvgIpc) is 3.15. The number of nitrogens with one attached hydrogen (secondary N) is 1. The highest BCUT2D eigenvalue weighted by Gasteiger charge is 2.39. The van der Waals surface area contributed by atoms with E-state index in [1.54, 1.807) is 30.1 Å². The van der Waals surface area contributed by atoms with Gasteiger partial charge in [-0.3, -0.25) is 9.78 Å². The van der Waals surface area contributed by atoms with Gasteiger partial charge in [0.05, 0.1) is 18.5 Å². The number of nitrogens with zero attached hydrogens (tertiary/aromatic N) is 5. The predicted octanol–water partition coefficient (Wildman–Crippen LogP) is 2.63. The van der Waals surface area contributed by atoms with Gasteiger partial charge >= 0.3 is 0 Å². The van der Waals surface area contributed by atoms with Crippen molar-refractivity contribution in [3.05, 3.63) is 60.7 Å². The van der Waals surface area contributed by atoms with Crippen LogP contribution in [-0.2, 0) is 4.79 Å². The van der Waals surface area contributed by atoms with Crippen molar-refractivity contribution in [1.82, 2.24) is 19.7 Å². The van der Waals surface area contributed by atoms with Gasteiger partial charge in [0.25, 0.3) is 0 Å². The summed E-state index contributed by atoms with van der Waals surface area (Å²) < 4.78 is 6.97. The number of aromatic nitrogens is 4. The lowest BCUT2D eigenvalue weighted by Gasteiger charge is -2.29. The standard InChI is InChI=1S/C19H18N6O2/c1-12-16(18(26)24-13-7-3-4-9-15(13)27-2)17(14-8-5-6-10-20-14)25-19(23-12)21-11-22-25/h3-11,16-17H,1-2H3,(H,24,26). The fraction of sp³-hybridized carbons (Fsp3) is 0.211. The van der Waals surface area contributed by atoms with Crippen LogP contribution in [-0.4, -0.2) is 38.5 Å². The molecular formula is C19H18N6O2. The number of ether oxygens (including phenoxy) is 1. The van der Waals surface area contributed by atoms with Gasteiger partial charge in [-0.25, -0.2) is 9.67 Å². The molecule has 27 heavy (non-hydrogen) atoms. The first-order valence-corrected chi connectivity index (χ1v) is 8.48. The Morgan fingerprint density at radius 1 is 1.15 bits per heavy atom. The Labute approximate surface area is 155 Å². The largest absolute Gasteiger partial charge is 0.495 e. The number of fused-ring (bicyclic) bond motifs is 1. The lowest BCUT2D eigenvalue weighted by molar-refractivity contribution is -0.118. The maximum Gasteiger partial charge on any atom is 0.248 e. The number of methoxy groups -OCH3 is 1. The molecule has 3 heterocycles. The summed E-state index contributed by atoms with van der Waals surface area (Å²) in [4.78, 5) is 26.3. The van der Waals surface area contributed by atoms with Crippen molar-refractivity contribution in [1.29, 1.82) is 0 Å². The van der Waals surface area contributed by atoms with Crippen molar-refractivity contribution in [2.24, 2.45) is 10.9 Å². The first kappa shape index (κ1) is 16.9. The topological polar surface area (TPSA) is 94.3 Å². The second kappa shape index (κ2) is 6.99. The Morgan fingerprint density at radius 3 is 2.74 bits per heavy atom. The molecule has 4 rings (SSSR count). The highest BCUT2D eigenvalue weighted by atomic mass is 16.5. The molecule has 0 spiro atoms. The summed E-state index contributed by atoms with van der Waals surface area (Å²) >= 11 is 0. The minimum absolute atomic E-state index is 0.211. The van der Waals surface area contributed by atoms with E-state index in [0.29, 0.717) is 23.1 Å². The summed E-state index contributed by atoms with van der Waals surface area (Å²) in [5.41, 5.74) is 1.97. The van der Waals surface area contributed by atoms with Gasteiger partial charge in [-0.1, -0.05) is 18.2 Å². The zero-order valence-electron chi connectivity index (χ0n) is 14.9.